The number of likely N-dealkylation sites (tertiary alicyclic amines) is 1. The Labute approximate surface area is 155 Å². The molecule has 1 amide bonds. The molecule has 3 rings (SSSR count). The molecule has 5 nitrogen and oxygen atoms in total. The summed E-state index contributed by atoms with van der Waals surface area (Å²) in [5.41, 5.74) is 3.20. The predicted molar refractivity (Wildman–Crippen MR) is 102 cm³/mol. The SMILES string of the molecule is CCOc1ccccc1CN1CCCC1c1cccc(CNC(C)=O)n1. The van der Waals surface area contributed by atoms with Crippen molar-refractivity contribution in [1.29, 1.82) is 0 Å². The fraction of sp³-hybridized carbons (Fsp3) is 0.429. The molecule has 5 heteroatoms. The topological polar surface area (TPSA) is 54.5 Å². The number of carbonyl (C=O) groups excluding carboxylic acids is 1. The van der Waals surface area contributed by atoms with Gasteiger partial charge in [-0.05, 0) is 44.5 Å². The highest BCUT2D eigenvalue weighted by Gasteiger charge is 2.27. The lowest BCUT2D eigenvalue weighted by Crippen LogP contribution is -2.25. The molecular formula is C21H27N3O2. The van der Waals surface area contributed by atoms with Gasteiger partial charge in [-0.25, -0.2) is 0 Å². The fourth-order valence-corrected chi connectivity index (χ4v) is 3.50. The smallest absolute Gasteiger partial charge is 0.217 e. The van der Waals surface area contributed by atoms with Crippen molar-refractivity contribution < 1.29 is 9.53 Å². The van der Waals surface area contributed by atoms with Crippen LogP contribution in [0.5, 0.6) is 5.75 Å². The number of carbonyl (C=O) groups is 1. The van der Waals surface area contributed by atoms with E-state index in [0.717, 1.165) is 36.6 Å². The average molecular weight is 353 g/mol. The number of aromatic nitrogens is 1. The Balaban J connectivity index is 1.74. The number of rotatable bonds is 7. The van der Waals surface area contributed by atoms with Gasteiger partial charge in [0.2, 0.25) is 5.91 Å². The molecular weight excluding hydrogens is 326 g/mol. The Morgan fingerprint density at radius 3 is 2.92 bits per heavy atom. The Kier molecular flexibility index (Phi) is 6.23. The molecule has 1 aromatic heterocycles. The Bertz CT molecular complexity index is 748. The summed E-state index contributed by atoms with van der Waals surface area (Å²) in [5.74, 6) is 0.931. The number of nitrogens with one attached hydrogen (secondary N) is 1. The van der Waals surface area contributed by atoms with Crippen molar-refractivity contribution in [2.45, 2.75) is 45.8 Å². The lowest BCUT2D eigenvalue weighted by Gasteiger charge is -2.25. The second kappa shape index (κ2) is 8.81. The summed E-state index contributed by atoms with van der Waals surface area (Å²) < 4.78 is 5.78. The van der Waals surface area contributed by atoms with E-state index >= 15 is 0 Å². The first kappa shape index (κ1) is 18.4. The van der Waals surface area contributed by atoms with Gasteiger partial charge in [0.05, 0.1) is 30.6 Å². The number of para-hydroxylation sites is 1. The molecule has 1 aliphatic rings. The third kappa shape index (κ3) is 4.61. The van der Waals surface area contributed by atoms with Crippen LogP contribution in [0.1, 0.15) is 49.7 Å². The molecule has 1 saturated heterocycles. The van der Waals surface area contributed by atoms with E-state index in [1.54, 1.807) is 0 Å². The molecule has 0 aliphatic carbocycles. The van der Waals surface area contributed by atoms with Crippen LogP contribution in [0, 0.1) is 0 Å². The maximum atomic E-state index is 11.1. The van der Waals surface area contributed by atoms with Crippen LogP contribution in [0.2, 0.25) is 0 Å². The summed E-state index contributed by atoms with van der Waals surface area (Å²) in [5, 5.41) is 2.82. The fourth-order valence-electron chi connectivity index (χ4n) is 3.50. The molecule has 0 radical (unpaired) electrons. The lowest BCUT2D eigenvalue weighted by atomic mass is 10.1. The number of hydrogen-bond acceptors (Lipinski definition) is 4. The molecule has 1 N–H and O–H groups in total. The molecule has 1 atom stereocenters. The van der Waals surface area contributed by atoms with Crippen molar-refractivity contribution in [1.82, 2.24) is 15.2 Å². The lowest BCUT2D eigenvalue weighted by molar-refractivity contribution is -0.119. The molecule has 1 fully saturated rings. The van der Waals surface area contributed by atoms with Crippen LogP contribution in [0.25, 0.3) is 0 Å². The van der Waals surface area contributed by atoms with Gasteiger partial charge in [-0.2, -0.15) is 0 Å². The van der Waals surface area contributed by atoms with E-state index in [-0.39, 0.29) is 5.91 Å². The van der Waals surface area contributed by atoms with Crippen molar-refractivity contribution in [3.8, 4) is 5.75 Å². The van der Waals surface area contributed by atoms with E-state index < -0.39 is 0 Å². The van der Waals surface area contributed by atoms with Gasteiger partial charge in [-0.15, -0.1) is 0 Å². The minimum absolute atomic E-state index is 0.0350. The Morgan fingerprint density at radius 1 is 1.27 bits per heavy atom. The van der Waals surface area contributed by atoms with Gasteiger partial charge in [0.1, 0.15) is 5.75 Å². The van der Waals surface area contributed by atoms with Crippen LogP contribution < -0.4 is 10.1 Å². The zero-order valence-electron chi connectivity index (χ0n) is 15.6. The van der Waals surface area contributed by atoms with Crippen LogP contribution in [-0.2, 0) is 17.9 Å². The van der Waals surface area contributed by atoms with Gasteiger partial charge in [0, 0.05) is 19.0 Å². The Hall–Kier alpha value is -2.40. The summed E-state index contributed by atoms with van der Waals surface area (Å²) in [7, 11) is 0. The second-order valence-corrected chi connectivity index (χ2v) is 6.63. The van der Waals surface area contributed by atoms with Gasteiger partial charge in [0.25, 0.3) is 0 Å². The van der Waals surface area contributed by atoms with Crippen LogP contribution >= 0.6 is 0 Å². The summed E-state index contributed by atoms with van der Waals surface area (Å²) in [6.07, 6.45) is 2.27. The zero-order chi connectivity index (χ0) is 18.4. The van der Waals surface area contributed by atoms with Gasteiger partial charge in [-0.1, -0.05) is 24.3 Å². The molecule has 2 heterocycles. The molecule has 0 saturated carbocycles. The standard InChI is InChI=1S/C21H27N3O2/c1-3-26-21-12-5-4-8-17(21)15-24-13-7-11-20(24)19-10-6-9-18(23-19)14-22-16(2)25/h4-6,8-10,12,20H,3,7,11,13-15H2,1-2H3,(H,22,25). The third-order valence-corrected chi connectivity index (χ3v) is 4.70. The highest BCUT2D eigenvalue weighted by Crippen LogP contribution is 2.33. The largest absolute Gasteiger partial charge is 0.494 e. The van der Waals surface area contributed by atoms with Crippen LogP contribution in [-0.4, -0.2) is 28.9 Å². The maximum Gasteiger partial charge on any atom is 0.217 e. The molecule has 1 aliphatic heterocycles. The van der Waals surface area contributed by atoms with Gasteiger partial charge >= 0.3 is 0 Å². The molecule has 26 heavy (non-hydrogen) atoms. The van der Waals surface area contributed by atoms with Gasteiger partial charge in [0.15, 0.2) is 0 Å². The minimum atomic E-state index is -0.0350. The monoisotopic (exact) mass is 353 g/mol. The first-order valence-electron chi connectivity index (χ1n) is 9.32. The second-order valence-electron chi connectivity index (χ2n) is 6.63. The quantitative estimate of drug-likeness (QED) is 0.828. The zero-order valence-corrected chi connectivity index (χ0v) is 15.6. The normalized spacial score (nSPS) is 17.2. The molecule has 138 valence electrons. The number of amides is 1. The van der Waals surface area contributed by atoms with Crippen molar-refractivity contribution in [2.24, 2.45) is 0 Å². The molecule has 0 spiro atoms. The van der Waals surface area contributed by atoms with E-state index in [1.807, 2.05) is 31.2 Å². The number of hydrogen-bond donors (Lipinski definition) is 1. The van der Waals surface area contributed by atoms with Crippen LogP contribution in [0.15, 0.2) is 42.5 Å². The van der Waals surface area contributed by atoms with E-state index in [0.29, 0.717) is 19.2 Å². The van der Waals surface area contributed by atoms with E-state index in [1.165, 1.54) is 18.9 Å². The Morgan fingerprint density at radius 2 is 2.12 bits per heavy atom. The highest BCUT2D eigenvalue weighted by molar-refractivity contribution is 5.72. The minimum Gasteiger partial charge on any atom is -0.494 e. The molecule has 1 unspecified atom stereocenters. The highest BCUT2D eigenvalue weighted by atomic mass is 16.5. The van der Waals surface area contributed by atoms with Gasteiger partial charge < -0.3 is 10.1 Å². The summed E-state index contributed by atoms with van der Waals surface area (Å²) in [4.78, 5) is 18.4. The predicted octanol–water partition coefficient (Wildman–Crippen LogP) is 3.45. The average Bonchev–Trinajstić information content (AvgIpc) is 3.10. The summed E-state index contributed by atoms with van der Waals surface area (Å²) in [6.45, 7) is 6.61. The van der Waals surface area contributed by atoms with E-state index in [4.69, 9.17) is 9.72 Å². The number of nitrogens with zero attached hydrogens (tertiary/aromatic N) is 2. The van der Waals surface area contributed by atoms with Crippen molar-refractivity contribution >= 4 is 5.91 Å². The first-order chi connectivity index (χ1) is 12.7. The van der Waals surface area contributed by atoms with E-state index in [9.17, 15) is 4.79 Å². The number of benzene rings is 1. The van der Waals surface area contributed by atoms with Crippen LogP contribution in [0.4, 0.5) is 0 Å². The summed E-state index contributed by atoms with van der Waals surface area (Å²) >= 11 is 0. The van der Waals surface area contributed by atoms with Crippen molar-refractivity contribution in [3.05, 3.63) is 59.4 Å². The molecule has 2 aromatic rings. The third-order valence-electron chi connectivity index (χ3n) is 4.70. The maximum absolute atomic E-state index is 11.1. The van der Waals surface area contributed by atoms with E-state index in [2.05, 4.69) is 28.4 Å². The van der Waals surface area contributed by atoms with Gasteiger partial charge in [-0.3, -0.25) is 14.7 Å². The first-order valence-corrected chi connectivity index (χ1v) is 9.32. The van der Waals surface area contributed by atoms with Crippen molar-refractivity contribution in [3.63, 3.8) is 0 Å². The van der Waals surface area contributed by atoms with Crippen molar-refractivity contribution in [2.75, 3.05) is 13.2 Å². The molecule has 1 aromatic carbocycles. The molecule has 0 bridgehead atoms. The number of ether oxygens (including phenoxy) is 1. The number of pyridine rings is 1. The van der Waals surface area contributed by atoms with Crippen LogP contribution in [0.3, 0.4) is 0 Å². The summed E-state index contributed by atoms with van der Waals surface area (Å²) in [6, 6.07) is 14.7.